The van der Waals surface area contributed by atoms with Crippen molar-refractivity contribution < 1.29 is 14.1 Å². The lowest BCUT2D eigenvalue weighted by Crippen LogP contribution is -3.13. The van der Waals surface area contributed by atoms with Crippen molar-refractivity contribution in [1.82, 2.24) is 4.90 Å². The van der Waals surface area contributed by atoms with Gasteiger partial charge in [0.1, 0.15) is 12.3 Å². The lowest BCUT2D eigenvalue weighted by molar-refractivity contribution is -0.917. The summed E-state index contributed by atoms with van der Waals surface area (Å²) in [6, 6.07) is 16.8. The molecule has 2 heterocycles. The van der Waals surface area contributed by atoms with Crippen LogP contribution in [0.5, 0.6) is 0 Å². The van der Waals surface area contributed by atoms with Crippen molar-refractivity contribution in [2.75, 3.05) is 26.2 Å². The molecule has 2 aromatic carbocycles. The maximum atomic E-state index is 12.6. The molecule has 1 fully saturated rings. The predicted molar refractivity (Wildman–Crippen MR) is 97.7 cm³/mol. The van der Waals surface area contributed by atoms with Gasteiger partial charge in [0.05, 0.1) is 38.0 Å². The Morgan fingerprint density at radius 2 is 1.84 bits per heavy atom. The van der Waals surface area contributed by atoms with Crippen molar-refractivity contribution in [3.63, 3.8) is 0 Å². The lowest BCUT2D eigenvalue weighted by Gasteiger charge is -2.32. The van der Waals surface area contributed by atoms with Crippen LogP contribution in [0, 0.1) is 6.92 Å². The molecular formula is C21H23N2O2+. The molecule has 0 spiro atoms. The van der Waals surface area contributed by atoms with E-state index in [0.29, 0.717) is 11.3 Å². The molecule has 1 saturated heterocycles. The number of carbonyl (C=O) groups is 1. The van der Waals surface area contributed by atoms with Crippen LogP contribution in [0.1, 0.15) is 21.7 Å². The highest BCUT2D eigenvalue weighted by Gasteiger charge is 2.26. The van der Waals surface area contributed by atoms with E-state index in [9.17, 15) is 4.79 Å². The van der Waals surface area contributed by atoms with Gasteiger partial charge in [0.15, 0.2) is 0 Å². The molecule has 0 radical (unpaired) electrons. The van der Waals surface area contributed by atoms with Gasteiger partial charge in [-0.25, -0.2) is 0 Å². The number of piperazine rings is 1. The van der Waals surface area contributed by atoms with E-state index in [2.05, 4.69) is 42.5 Å². The minimum Gasteiger partial charge on any atom is -0.469 e. The number of amides is 1. The largest absolute Gasteiger partial charge is 0.469 e. The van der Waals surface area contributed by atoms with Crippen LogP contribution in [-0.4, -0.2) is 37.0 Å². The second kappa shape index (κ2) is 6.73. The Hall–Kier alpha value is -2.59. The molecule has 4 nitrogen and oxygen atoms in total. The molecule has 3 aromatic rings. The third kappa shape index (κ3) is 3.17. The number of aryl methyl sites for hydroxylation is 1. The smallest absolute Gasteiger partial charge is 0.257 e. The molecule has 4 heteroatoms. The molecule has 0 unspecified atom stereocenters. The highest BCUT2D eigenvalue weighted by Crippen LogP contribution is 2.18. The van der Waals surface area contributed by atoms with Gasteiger partial charge in [-0.15, -0.1) is 0 Å². The van der Waals surface area contributed by atoms with Crippen LogP contribution in [0.3, 0.4) is 0 Å². The van der Waals surface area contributed by atoms with Crippen LogP contribution in [0.4, 0.5) is 0 Å². The van der Waals surface area contributed by atoms with Crippen LogP contribution < -0.4 is 4.90 Å². The first-order chi connectivity index (χ1) is 12.2. The summed E-state index contributed by atoms with van der Waals surface area (Å²) in [5, 5.41) is 2.63. The Bertz CT molecular complexity index is 886. The highest BCUT2D eigenvalue weighted by molar-refractivity contribution is 5.95. The topological polar surface area (TPSA) is 37.9 Å². The highest BCUT2D eigenvalue weighted by atomic mass is 16.3. The fourth-order valence-corrected chi connectivity index (χ4v) is 3.70. The summed E-state index contributed by atoms with van der Waals surface area (Å²) in [7, 11) is 0. The van der Waals surface area contributed by atoms with Crippen LogP contribution in [0.2, 0.25) is 0 Å². The summed E-state index contributed by atoms with van der Waals surface area (Å²) in [4.78, 5) is 16.1. The van der Waals surface area contributed by atoms with Crippen molar-refractivity contribution in [3.8, 4) is 0 Å². The van der Waals surface area contributed by atoms with E-state index in [0.717, 1.165) is 32.7 Å². The van der Waals surface area contributed by atoms with E-state index in [4.69, 9.17) is 4.42 Å². The second-order valence-corrected chi connectivity index (χ2v) is 6.75. The molecule has 25 heavy (non-hydrogen) atoms. The lowest BCUT2D eigenvalue weighted by atomic mass is 10.0. The van der Waals surface area contributed by atoms with Gasteiger partial charge < -0.3 is 14.2 Å². The van der Waals surface area contributed by atoms with Gasteiger partial charge in [0.2, 0.25) is 0 Å². The number of nitrogens with one attached hydrogen (secondary N) is 1. The van der Waals surface area contributed by atoms with Crippen LogP contribution in [0.25, 0.3) is 10.8 Å². The molecule has 1 N–H and O–H groups in total. The van der Waals surface area contributed by atoms with Crippen molar-refractivity contribution >= 4 is 16.7 Å². The predicted octanol–water partition coefficient (Wildman–Crippen LogP) is 2.28. The molecular weight excluding hydrogens is 312 g/mol. The van der Waals surface area contributed by atoms with Gasteiger partial charge in [0.25, 0.3) is 5.91 Å². The van der Waals surface area contributed by atoms with E-state index >= 15 is 0 Å². The number of quaternary nitrogens is 1. The third-order valence-electron chi connectivity index (χ3n) is 5.17. The van der Waals surface area contributed by atoms with Gasteiger partial charge in [-0.2, -0.15) is 0 Å². The maximum absolute atomic E-state index is 12.6. The van der Waals surface area contributed by atoms with Crippen molar-refractivity contribution in [3.05, 3.63) is 71.7 Å². The molecule has 1 aliphatic rings. The van der Waals surface area contributed by atoms with E-state index in [1.54, 1.807) is 12.3 Å². The molecule has 1 aromatic heterocycles. The molecule has 0 aliphatic carbocycles. The molecule has 0 saturated carbocycles. The Morgan fingerprint density at radius 1 is 1.08 bits per heavy atom. The summed E-state index contributed by atoms with van der Waals surface area (Å²) in [6.07, 6.45) is 1.59. The number of benzene rings is 2. The quantitative estimate of drug-likeness (QED) is 0.797. The Morgan fingerprint density at radius 3 is 2.60 bits per heavy atom. The minimum absolute atomic E-state index is 0.0930. The average Bonchev–Trinajstić information content (AvgIpc) is 3.08. The Kier molecular flexibility index (Phi) is 4.28. The van der Waals surface area contributed by atoms with E-state index in [1.807, 2.05) is 11.8 Å². The summed E-state index contributed by atoms with van der Waals surface area (Å²) in [5.74, 6) is 0.797. The Labute approximate surface area is 147 Å². The first-order valence-electron chi connectivity index (χ1n) is 8.86. The first-order valence-corrected chi connectivity index (χ1v) is 8.86. The van der Waals surface area contributed by atoms with Crippen LogP contribution >= 0.6 is 0 Å². The number of nitrogens with zero attached hydrogens (tertiary/aromatic N) is 1. The second-order valence-electron chi connectivity index (χ2n) is 6.75. The molecule has 4 rings (SSSR count). The standard InChI is InChI=1S/C21H22N2O2/c1-16-19(9-14-25-16)21(24)23-12-10-22(11-13-23)15-18-7-4-6-17-5-2-3-8-20(17)18/h2-9,14H,10-13,15H2,1H3/p+1. The van der Waals surface area contributed by atoms with E-state index < -0.39 is 0 Å². The van der Waals surface area contributed by atoms with Gasteiger partial charge in [0, 0.05) is 5.56 Å². The van der Waals surface area contributed by atoms with Gasteiger partial charge in [-0.05, 0) is 23.8 Å². The molecule has 1 aliphatic heterocycles. The summed E-state index contributed by atoms with van der Waals surface area (Å²) in [6.45, 7) is 6.40. The Balaban J connectivity index is 1.42. The van der Waals surface area contributed by atoms with Crippen molar-refractivity contribution in [1.29, 1.82) is 0 Å². The fraction of sp³-hybridized carbons (Fsp3) is 0.286. The molecule has 0 atom stereocenters. The summed E-state index contributed by atoms with van der Waals surface area (Å²) in [5.41, 5.74) is 2.08. The zero-order valence-corrected chi connectivity index (χ0v) is 14.5. The number of fused-ring (bicyclic) bond motifs is 1. The van der Waals surface area contributed by atoms with Crippen LogP contribution in [-0.2, 0) is 6.54 Å². The number of hydrogen-bond acceptors (Lipinski definition) is 2. The zero-order valence-electron chi connectivity index (χ0n) is 14.5. The van der Waals surface area contributed by atoms with E-state index in [1.165, 1.54) is 21.2 Å². The number of carbonyl (C=O) groups excluding carboxylic acids is 1. The molecule has 1 amide bonds. The minimum atomic E-state index is 0.0930. The fourth-order valence-electron chi connectivity index (χ4n) is 3.70. The molecule has 128 valence electrons. The van der Waals surface area contributed by atoms with Crippen LogP contribution in [0.15, 0.2) is 59.2 Å². The number of rotatable bonds is 3. The first kappa shape index (κ1) is 15.9. The average molecular weight is 335 g/mol. The summed E-state index contributed by atoms with van der Waals surface area (Å²) >= 11 is 0. The zero-order chi connectivity index (χ0) is 17.2. The number of hydrogen-bond donors (Lipinski definition) is 1. The third-order valence-corrected chi connectivity index (χ3v) is 5.17. The van der Waals surface area contributed by atoms with Gasteiger partial charge in [-0.1, -0.05) is 42.5 Å². The maximum Gasteiger partial charge on any atom is 0.257 e. The molecule has 0 bridgehead atoms. The summed E-state index contributed by atoms with van der Waals surface area (Å²) < 4.78 is 5.26. The van der Waals surface area contributed by atoms with E-state index in [-0.39, 0.29) is 5.91 Å². The van der Waals surface area contributed by atoms with Crippen molar-refractivity contribution in [2.24, 2.45) is 0 Å². The SMILES string of the molecule is Cc1occc1C(=O)N1CC[NH+](Cc2cccc3ccccc23)CC1. The van der Waals surface area contributed by atoms with Gasteiger partial charge >= 0.3 is 0 Å². The monoisotopic (exact) mass is 335 g/mol. The normalized spacial score (nSPS) is 15.6. The van der Waals surface area contributed by atoms with Gasteiger partial charge in [-0.3, -0.25) is 4.79 Å². The number of furan rings is 1. The van der Waals surface area contributed by atoms with Crippen molar-refractivity contribution in [2.45, 2.75) is 13.5 Å².